The van der Waals surface area contributed by atoms with Gasteiger partial charge in [-0.1, -0.05) is 0 Å². The summed E-state index contributed by atoms with van der Waals surface area (Å²) in [5, 5.41) is 47.2. The molecule has 6 aromatic rings. The number of anilines is 6. The van der Waals surface area contributed by atoms with Crippen LogP contribution >= 0.6 is 0 Å². The Bertz CT molecular complexity index is 2890. The molecule has 20 nitrogen and oxygen atoms in total. The van der Waals surface area contributed by atoms with Crippen LogP contribution in [0, 0.1) is 0 Å². The van der Waals surface area contributed by atoms with Gasteiger partial charge in [-0.2, -0.15) is 19.2 Å². The Kier molecular flexibility index (Phi) is 12.3. The minimum atomic E-state index is -2.74. The monoisotopic (exact) mass is 974 g/mol. The van der Waals surface area contributed by atoms with Gasteiger partial charge in [-0.05, 0) is 76.6 Å². The van der Waals surface area contributed by atoms with Gasteiger partial charge in [0, 0.05) is 76.4 Å². The standard InChI is InChI=1S/2C23H27F2N7O3/c2*1-22(35)7-3-6-16(22)29-20(33)14-12-27-32-18(26-2)9-17(30-19(14)32)28-15-5-4-8-31(21(15)34)13-10-23(24,25)11-13/h2*4-5,8-9,12-13,16,26,35H,3,6-7,10-11H2,1-2H3,(H,28,30)(H,29,33)/t2*16-,22-/m10/s1. The number of hydrogen-bond donors (Lipinski definition) is 8. The molecule has 4 fully saturated rings. The molecule has 0 bridgehead atoms. The fourth-order valence-corrected chi connectivity index (χ4v) is 9.67. The average molecular weight is 975 g/mol. The van der Waals surface area contributed by atoms with Crippen molar-refractivity contribution in [3.63, 3.8) is 0 Å². The highest BCUT2D eigenvalue weighted by Gasteiger charge is 2.48. The normalized spacial score (nSPS) is 23.7. The molecule has 70 heavy (non-hydrogen) atoms. The summed E-state index contributed by atoms with van der Waals surface area (Å²) in [6.45, 7) is 3.41. The molecule has 0 saturated heterocycles. The molecule has 8 N–H and O–H groups in total. The van der Waals surface area contributed by atoms with Crippen LogP contribution in [0.3, 0.4) is 0 Å². The van der Waals surface area contributed by atoms with Crippen LogP contribution < -0.4 is 43.0 Å². The molecule has 4 aliphatic carbocycles. The molecule has 10 rings (SSSR count). The predicted molar refractivity (Wildman–Crippen MR) is 251 cm³/mol. The van der Waals surface area contributed by atoms with Gasteiger partial charge in [-0.3, -0.25) is 19.2 Å². The van der Waals surface area contributed by atoms with Crippen molar-refractivity contribution in [2.24, 2.45) is 0 Å². The van der Waals surface area contributed by atoms with Gasteiger partial charge in [0.2, 0.25) is 0 Å². The molecule has 4 aliphatic rings. The Morgan fingerprint density at radius 3 is 1.37 bits per heavy atom. The van der Waals surface area contributed by atoms with Gasteiger partial charge in [0.05, 0.1) is 35.7 Å². The number of aliphatic hydroxyl groups is 2. The van der Waals surface area contributed by atoms with E-state index in [9.17, 15) is 47.0 Å². The number of nitrogens with one attached hydrogen (secondary N) is 6. The van der Waals surface area contributed by atoms with E-state index in [1.165, 1.54) is 43.0 Å². The predicted octanol–water partition coefficient (Wildman–Crippen LogP) is 5.36. The first-order valence-electron chi connectivity index (χ1n) is 23.1. The number of fused-ring (bicyclic) bond motifs is 2. The van der Waals surface area contributed by atoms with Crippen LogP contribution in [0.4, 0.5) is 52.2 Å². The molecule has 2 amide bonds. The van der Waals surface area contributed by atoms with E-state index in [0.717, 1.165) is 12.8 Å². The number of rotatable bonds is 12. The molecule has 6 aromatic heterocycles. The van der Waals surface area contributed by atoms with E-state index < -0.39 is 58.1 Å². The second-order valence-corrected chi connectivity index (χ2v) is 19.0. The number of nitrogens with zero attached hydrogens (tertiary/aromatic N) is 8. The van der Waals surface area contributed by atoms with Gasteiger partial charge in [-0.15, -0.1) is 0 Å². The summed E-state index contributed by atoms with van der Waals surface area (Å²) < 4.78 is 58.8. The minimum absolute atomic E-state index is 0.175. The Morgan fingerprint density at radius 1 is 0.657 bits per heavy atom. The molecule has 0 spiro atoms. The highest BCUT2D eigenvalue weighted by Crippen LogP contribution is 2.46. The van der Waals surface area contributed by atoms with Crippen LogP contribution in [0.15, 0.2) is 70.8 Å². The van der Waals surface area contributed by atoms with Crippen molar-refractivity contribution >= 4 is 57.8 Å². The van der Waals surface area contributed by atoms with E-state index in [1.54, 1.807) is 64.3 Å². The van der Waals surface area contributed by atoms with Crippen LogP contribution in [0.2, 0.25) is 0 Å². The van der Waals surface area contributed by atoms with Crippen molar-refractivity contribution in [1.82, 2.24) is 49.0 Å². The highest BCUT2D eigenvalue weighted by molar-refractivity contribution is 6.01. The van der Waals surface area contributed by atoms with E-state index >= 15 is 0 Å². The first kappa shape index (κ1) is 48.0. The first-order chi connectivity index (χ1) is 33.2. The molecule has 0 aliphatic heterocycles. The molecule has 4 saturated carbocycles. The van der Waals surface area contributed by atoms with Gasteiger partial charge >= 0.3 is 0 Å². The number of carbonyl (C=O) groups excluding carboxylic acids is 2. The third kappa shape index (κ3) is 9.35. The lowest BCUT2D eigenvalue weighted by Gasteiger charge is -2.36. The van der Waals surface area contributed by atoms with Crippen molar-refractivity contribution < 1.29 is 37.4 Å². The van der Waals surface area contributed by atoms with Gasteiger partial charge in [0.15, 0.2) is 11.3 Å². The van der Waals surface area contributed by atoms with E-state index in [1.807, 2.05) is 0 Å². The summed E-state index contributed by atoms with van der Waals surface area (Å²) in [4.78, 5) is 60.9. The quantitative estimate of drug-likeness (QED) is 0.0720. The molecule has 0 radical (unpaired) electrons. The number of aromatic nitrogens is 8. The maximum atomic E-state index is 13.3. The smallest absolute Gasteiger partial charge is 0.274 e. The molecular formula is C46H54F4N14O6. The Hall–Kier alpha value is -7.08. The SMILES string of the molecule is CNc1cc(Nc2cccn(C3CC(F)(F)C3)c2=O)nc2c(C(=O)N[C@@H]3CCC[C@@]3(C)O)cnn12.CNc1cc(Nc2cccn(C3CC(F)(F)C3)c2=O)nc2c(C(=O)N[C@H]3CCC[C@]3(C)O)cnn12. The fraction of sp³-hybridized carbons (Fsp3) is 0.478. The van der Waals surface area contributed by atoms with Crippen molar-refractivity contribution in [2.75, 3.05) is 35.4 Å². The third-order valence-electron chi connectivity index (χ3n) is 13.8. The maximum Gasteiger partial charge on any atom is 0.274 e. The average Bonchev–Trinajstić information content (AvgIpc) is 4.08. The van der Waals surface area contributed by atoms with Crippen LogP contribution in [-0.2, 0) is 0 Å². The van der Waals surface area contributed by atoms with Crippen LogP contribution in [-0.4, -0.2) is 110 Å². The number of carbonyl (C=O) groups is 2. The number of alkyl halides is 4. The van der Waals surface area contributed by atoms with E-state index in [-0.39, 0.29) is 83.2 Å². The second kappa shape index (κ2) is 18.0. The number of hydrogen-bond acceptors (Lipinski definition) is 14. The number of halogens is 4. The van der Waals surface area contributed by atoms with Crippen LogP contribution in [0.1, 0.15) is 111 Å². The third-order valence-corrected chi connectivity index (χ3v) is 13.8. The van der Waals surface area contributed by atoms with E-state index in [2.05, 4.69) is 52.1 Å². The number of amides is 2. The molecule has 4 atom stereocenters. The lowest BCUT2D eigenvalue weighted by molar-refractivity contribution is -0.105. The Morgan fingerprint density at radius 2 is 1.04 bits per heavy atom. The highest BCUT2D eigenvalue weighted by atomic mass is 19.3. The summed E-state index contributed by atoms with van der Waals surface area (Å²) in [7, 11) is 3.37. The minimum Gasteiger partial charge on any atom is -0.388 e. The van der Waals surface area contributed by atoms with Crippen LogP contribution in [0.25, 0.3) is 11.3 Å². The molecular weight excluding hydrogens is 921 g/mol. The lowest BCUT2D eigenvalue weighted by Crippen LogP contribution is -2.47. The van der Waals surface area contributed by atoms with E-state index in [0.29, 0.717) is 37.3 Å². The topological polar surface area (TPSA) is 251 Å². The maximum absolute atomic E-state index is 13.3. The summed E-state index contributed by atoms with van der Waals surface area (Å²) in [5.41, 5.74) is -1.53. The second-order valence-electron chi connectivity index (χ2n) is 19.0. The van der Waals surface area contributed by atoms with Gasteiger partial charge in [0.25, 0.3) is 34.8 Å². The first-order valence-corrected chi connectivity index (χ1v) is 23.1. The Labute approximate surface area is 396 Å². The molecule has 24 heteroatoms. The molecule has 372 valence electrons. The molecule has 0 aromatic carbocycles. The largest absolute Gasteiger partial charge is 0.388 e. The van der Waals surface area contributed by atoms with Crippen molar-refractivity contribution in [1.29, 1.82) is 0 Å². The zero-order valence-corrected chi connectivity index (χ0v) is 38.8. The zero-order valence-electron chi connectivity index (χ0n) is 38.8. The van der Waals surface area contributed by atoms with E-state index in [4.69, 9.17) is 0 Å². The fourth-order valence-electron chi connectivity index (χ4n) is 9.67. The Balaban J connectivity index is 0.000000174. The zero-order chi connectivity index (χ0) is 49.9. The van der Waals surface area contributed by atoms with Gasteiger partial charge < -0.3 is 51.2 Å². The molecule has 6 heterocycles. The summed E-state index contributed by atoms with van der Waals surface area (Å²) >= 11 is 0. The van der Waals surface area contributed by atoms with Crippen molar-refractivity contribution in [3.8, 4) is 0 Å². The molecule has 0 unspecified atom stereocenters. The lowest BCUT2D eigenvalue weighted by atomic mass is 9.88. The number of pyridine rings is 2. The van der Waals surface area contributed by atoms with Crippen molar-refractivity contribution in [2.45, 2.75) is 125 Å². The van der Waals surface area contributed by atoms with Gasteiger partial charge in [0.1, 0.15) is 45.8 Å². The summed E-state index contributed by atoms with van der Waals surface area (Å²) in [5.74, 6) is -4.73. The van der Waals surface area contributed by atoms with Crippen molar-refractivity contribution in [3.05, 3.63) is 93.0 Å². The summed E-state index contributed by atoms with van der Waals surface area (Å²) in [6, 6.07) is 7.70. The van der Waals surface area contributed by atoms with Gasteiger partial charge in [-0.25, -0.2) is 27.5 Å². The van der Waals surface area contributed by atoms with Crippen LogP contribution in [0.5, 0.6) is 0 Å². The summed E-state index contributed by atoms with van der Waals surface area (Å²) in [6.07, 6.45) is 8.52.